The van der Waals surface area contributed by atoms with Crippen LogP contribution in [0, 0.1) is 0 Å². The van der Waals surface area contributed by atoms with Crippen LogP contribution in [0.4, 0.5) is 13.2 Å². The van der Waals surface area contributed by atoms with Crippen molar-refractivity contribution < 1.29 is 23.1 Å². The summed E-state index contributed by atoms with van der Waals surface area (Å²) in [4.78, 5) is 12.0. The largest absolute Gasteiger partial charge is 0.481 e. The molecule has 100 valence electrons. The number of nitrogens with zero attached hydrogens (tertiary/aromatic N) is 1. The van der Waals surface area contributed by atoms with Gasteiger partial charge in [-0.3, -0.25) is 4.79 Å². The molecule has 0 amide bonds. The molecule has 0 aliphatic heterocycles. The van der Waals surface area contributed by atoms with E-state index < -0.39 is 17.7 Å². The summed E-state index contributed by atoms with van der Waals surface area (Å²) in [6.45, 7) is 0.586. The van der Waals surface area contributed by atoms with Gasteiger partial charge in [-0.2, -0.15) is 13.2 Å². The lowest BCUT2D eigenvalue weighted by molar-refractivity contribution is -0.138. The third kappa shape index (κ3) is 4.75. The summed E-state index contributed by atoms with van der Waals surface area (Å²) in [5.41, 5.74) is -0.177. The minimum Gasteiger partial charge on any atom is -0.481 e. The van der Waals surface area contributed by atoms with Crippen LogP contribution in [0.15, 0.2) is 24.3 Å². The summed E-state index contributed by atoms with van der Waals surface area (Å²) in [5, 5.41) is 8.50. The molecule has 1 aromatic carbocycles. The minimum absolute atomic E-state index is 0.0323. The second-order valence-corrected chi connectivity index (χ2v) is 4.08. The predicted molar refractivity (Wildman–Crippen MR) is 60.0 cm³/mol. The molecule has 0 fully saturated rings. The first-order chi connectivity index (χ1) is 8.29. The van der Waals surface area contributed by atoms with Gasteiger partial charge in [0.05, 0.1) is 12.0 Å². The molecule has 1 aromatic rings. The van der Waals surface area contributed by atoms with E-state index in [0.29, 0.717) is 12.1 Å². The van der Waals surface area contributed by atoms with Crippen molar-refractivity contribution in [2.75, 3.05) is 13.6 Å². The Hall–Kier alpha value is -1.56. The van der Waals surface area contributed by atoms with Crippen molar-refractivity contribution in [2.24, 2.45) is 0 Å². The first-order valence-electron chi connectivity index (χ1n) is 5.35. The molecule has 0 spiro atoms. The highest BCUT2D eigenvalue weighted by Crippen LogP contribution is 2.29. The molecule has 0 saturated carbocycles. The Bertz CT molecular complexity index is 418. The first-order valence-corrected chi connectivity index (χ1v) is 5.35. The zero-order chi connectivity index (χ0) is 13.8. The molecule has 6 heteroatoms. The molecule has 1 N–H and O–H groups in total. The SMILES string of the molecule is CN(CCC(=O)O)Cc1cccc(C(F)(F)F)c1. The number of alkyl halides is 3. The van der Waals surface area contributed by atoms with E-state index in [1.54, 1.807) is 18.0 Å². The Morgan fingerprint density at radius 2 is 2.06 bits per heavy atom. The van der Waals surface area contributed by atoms with Gasteiger partial charge in [-0.15, -0.1) is 0 Å². The van der Waals surface area contributed by atoms with E-state index in [1.165, 1.54) is 6.07 Å². The third-order valence-corrected chi connectivity index (χ3v) is 2.41. The van der Waals surface area contributed by atoms with Crippen molar-refractivity contribution in [3.8, 4) is 0 Å². The molecular weight excluding hydrogens is 247 g/mol. The van der Waals surface area contributed by atoms with Crippen LogP contribution < -0.4 is 0 Å². The number of aliphatic carboxylic acids is 1. The summed E-state index contributed by atoms with van der Waals surface area (Å²) in [5.74, 6) is -0.925. The quantitative estimate of drug-likeness (QED) is 0.885. The van der Waals surface area contributed by atoms with Crippen molar-refractivity contribution >= 4 is 5.97 Å². The number of carbonyl (C=O) groups is 1. The van der Waals surface area contributed by atoms with Crippen LogP contribution in [0.2, 0.25) is 0 Å². The maximum Gasteiger partial charge on any atom is 0.416 e. The van der Waals surface area contributed by atoms with Gasteiger partial charge in [-0.05, 0) is 18.7 Å². The Kier molecular flexibility index (Phi) is 4.72. The summed E-state index contributed by atoms with van der Waals surface area (Å²) in [7, 11) is 1.67. The van der Waals surface area contributed by atoms with Gasteiger partial charge in [0, 0.05) is 13.1 Å². The smallest absolute Gasteiger partial charge is 0.416 e. The average molecular weight is 261 g/mol. The predicted octanol–water partition coefficient (Wildman–Crippen LogP) is 2.61. The van der Waals surface area contributed by atoms with Gasteiger partial charge >= 0.3 is 12.1 Å². The highest BCUT2D eigenvalue weighted by Gasteiger charge is 2.30. The van der Waals surface area contributed by atoms with E-state index in [0.717, 1.165) is 12.1 Å². The third-order valence-electron chi connectivity index (χ3n) is 2.41. The Morgan fingerprint density at radius 1 is 1.39 bits per heavy atom. The highest BCUT2D eigenvalue weighted by molar-refractivity contribution is 5.66. The molecule has 0 bridgehead atoms. The molecule has 0 aliphatic carbocycles. The number of benzene rings is 1. The lowest BCUT2D eigenvalue weighted by Crippen LogP contribution is -2.21. The highest BCUT2D eigenvalue weighted by atomic mass is 19.4. The van der Waals surface area contributed by atoms with E-state index in [9.17, 15) is 18.0 Å². The van der Waals surface area contributed by atoms with Crippen LogP contribution in [0.3, 0.4) is 0 Å². The van der Waals surface area contributed by atoms with E-state index in [4.69, 9.17) is 5.11 Å². The standard InChI is InChI=1S/C12H14F3NO2/c1-16(6-5-11(17)18)8-9-3-2-4-10(7-9)12(13,14)15/h2-4,7H,5-6,8H2,1H3,(H,17,18). The van der Waals surface area contributed by atoms with Gasteiger partial charge in [0.15, 0.2) is 0 Å². The van der Waals surface area contributed by atoms with Crippen LogP contribution >= 0.6 is 0 Å². The van der Waals surface area contributed by atoms with E-state index in [1.807, 2.05) is 0 Å². The summed E-state index contributed by atoms with van der Waals surface area (Å²) in [6.07, 6.45) is -4.38. The summed E-state index contributed by atoms with van der Waals surface area (Å²) in [6, 6.07) is 5.04. The number of rotatable bonds is 5. The van der Waals surface area contributed by atoms with Crippen LogP contribution in [0.5, 0.6) is 0 Å². The number of carboxylic acids is 1. The second kappa shape index (κ2) is 5.86. The van der Waals surface area contributed by atoms with Gasteiger partial charge in [-0.1, -0.05) is 18.2 Å². The van der Waals surface area contributed by atoms with Gasteiger partial charge in [-0.25, -0.2) is 0 Å². The number of halogens is 3. The minimum atomic E-state index is -4.35. The molecule has 0 aliphatic rings. The summed E-state index contributed by atoms with van der Waals surface area (Å²) >= 11 is 0. The normalized spacial score (nSPS) is 11.8. The van der Waals surface area contributed by atoms with Crippen molar-refractivity contribution in [3.05, 3.63) is 35.4 Å². The van der Waals surface area contributed by atoms with Gasteiger partial charge in [0.1, 0.15) is 0 Å². The fraction of sp³-hybridized carbons (Fsp3) is 0.417. The molecule has 0 aromatic heterocycles. The van der Waals surface area contributed by atoms with Crippen molar-refractivity contribution in [3.63, 3.8) is 0 Å². The molecular formula is C12H14F3NO2. The first kappa shape index (κ1) is 14.5. The van der Waals surface area contributed by atoms with E-state index in [-0.39, 0.29) is 13.0 Å². The fourth-order valence-electron chi connectivity index (χ4n) is 1.52. The molecule has 0 saturated heterocycles. The molecule has 3 nitrogen and oxygen atoms in total. The van der Waals surface area contributed by atoms with E-state index >= 15 is 0 Å². The molecule has 0 atom stereocenters. The Morgan fingerprint density at radius 3 is 2.61 bits per heavy atom. The molecule has 0 unspecified atom stereocenters. The molecule has 0 radical (unpaired) electrons. The topological polar surface area (TPSA) is 40.5 Å². The number of carboxylic acid groups (broad SMARTS) is 1. The fourth-order valence-corrected chi connectivity index (χ4v) is 1.52. The van der Waals surface area contributed by atoms with Crippen molar-refractivity contribution in [2.45, 2.75) is 19.1 Å². The van der Waals surface area contributed by atoms with Crippen molar-refractivity contribution in [1.82, 2.24) is 4.90 Å². The zero-order valence-electron chi connectivity index (χ0n) is 9.87. The Balaban J connectivity index is 2.65. The van der Waals surface area contributed by atoms with Crippen LogP contribution in [-0.4, -0.2) is 29.6 Å². The van der Waals surface area contributed by atoms with Crippen LogP contribution in [0.25, 0.3) is 0 Å². The van der Waals surface area contributed by atoms with E-state index in [2.05, 4.69) is 0 Å². The van der Waals surface area contributed by atoms with Gasteiger partial charge in [0.25, 0.3) is 0 Å². The number of hydrogen-bond donors (Lipinski definition) is 1. The Labute approximate surface area is 103 Å². The summed E-state index contributed by atoms with van der Waals surface area (Å²) < 4.78 is 37.4. The van der Waals surface area contributed by atoms with Gasteiger partial charge in [0.2, 0.25) is 0 Å². The molecule has 1 rings (SSSR count). The van der Waals surface area contributed by atoms with Crippen molar-refractivity contribution in [1.29, 1.82) is 0 Å². The lowest BCUT2D eigenvalue weighted by atomic mass is 10.1. The second-order valence-electron chi connectivity index (χ2n) is 4.08. The average Bonchev–Trinajstić information content (AvgIpc) is 2.25. The number of hydrogen-bond acceptors (Lipinski definition) is 2. The maximum atomic E-state index is 12.5. The van der Waals surface area contributed by atoms with Gasteiger partial charge < -0.3 is 10.0 Å². The maximum absolute atomic E-state index is 12.5. The van der Waals surface area contributed by atoms with Crippen LogP contribution in [-0.2, 0) is 17.5 Å². The molecule has 0 heterocycles. The monoisotopic (exact) mass is 261 g/mol. The zero-order valence-corrected chi connectivity index (χ0v) is 9.87. The van der Waals surface area contributed by atoms with Crippen LogP contribution in [0.1, 0.15) is 17.5 Å². The molecule has 18 heavy (non-hydrogen) atoms. The lowest BCUT2D eigenvalue weighted by Gasteiger charge is -2.16.